The first-order valence-electron chi connectivity index (χ1n) is 6.64. The van der Waals surface area contributed by atoms with Gasteiger partial charge in [0.15, 0.2) is 0 Å². The smallest absolute Gasteiger partial charge is 0.446 e. The number of thioether (sulfide) groups is 1. The summed E-state index contributed by atoms with van der Waals surface area (Å²) >= 11 is -0.269. The lowest BCUT2D eigenvalue weighted by Crippen LogP contribution is -2.41. The average Bonchev–Trinajstić information content (AvgIpc) is 3.20. The Kier molecular flexibility index (Phi) is 5.00. The Morgan fingerprint density at radius 3 is 2.32 bits per heavy atom. The summed E-state index contributed by atoms with van der Waals surface area (Å²) in [6, 6.07) is 3.90. The zero-order chi connectivity index (χ0) is 16.3. The van der Waals surface area contributed by atoms with E-state index >= 15 is 0 Å². The van der Waals surface area contributed by atoms with E-state index in [-0.39, 0.29) is 22.2 Å². The molecule has 1 amide bonds. The summed E-state index contributed by atoms with van der Waals surface area (Å²) in [5.41, 5.74) is -4.25. The number of hydrogen-bond acceptors (Lipinski definition) is 3. The highest BCUT2D eigenvalue weighted by molar-refractivity contribution is 8.00. The van der Waals surface area contributed by atoms with Crippen molar-refractivity contribution >= 4 is 23.6 Å². The van der Waals surface area contributed by atoms with Gasteiger partial charge in [-0.2, -0.15) is 13.2 Å². The van der Waals surface area contributed by atoms with Gasteiger partial charge in [-0.3, -0.25) is 4.79 Å². The molecular weight excluding hydrogens is 319 g/mol. The molecule has 120 valence electrons. The van der Waals surface area contributed by atoms with Crippen LogP contribution < -0.4 is 5.32 Å². The molecule has 1 aromatic carbocycles. The van der Waals surface area contributed by atoms with Crippen molar-refractivity contribution in [2.75, 3.05) is 0 Å². The fraction of sp³-hybridized carbons (Fsp3) is 0.429. The van der Waals surface area contributed by atoms with Gasteiger partial charge in [-0.15, -0.1) is 0 Å². The van der Waals surface area contributed by atoms with Crippen LogP contribution in [0.4, 0.5) is 13.2 Å². The molecule has 2 N–H and O–H groups in total. The highest BCUT2D eigenvalue weighted by atomic mass is 32.2. The molecule has 4 nitrogen and oxygen atoms in total. The Bertz CT molecular complexity index is 555. The van der Waals surface area contributed by atoms with Crippen molar-refractivity contribution in [3.63, 3.8) is 0 Å². The number of aliphatic carboxylic acids is 1. The summed E-state index contributed by atoms with van der Waals surface area (Å²) in [7, 11) is 0. The zero-order valence-corrected chi connectivity index (χ0v) is 12.2. The largest absolute Gasteiger partial charge is 0.480 e. The van der Waals surface area contributed by atoms with E-state index in [0.717, 1.165) is 12.8 Å². The molecule has 8 heteroatoms. The molecule has 0 bridgehead atoms. The van der Waals surface area contributed by atoms with Crippen molar-refractivity contribution in [1.82, 2.24) is 5.32 Å². The number of carboxylic acid groups (broad SMARTS) is 1. The minimum Gasteiger partial charge on any atom is -0.480 e. The van der Waals surface area contributed by atoms with Crippen molar-refractivity contribution < 1.29 is 27.9 Å². The Balaban J connectivity index is 1.97. The Hall–Kier alpha value is -1.70. The summed E-state index contributed by atoms with van der Waals surface area (Å²) in [6.45, 7) is 0. The average molecular weight is 333 g/mol. The second kappa shape index (κ2) is 6.60. The molecule has 22 heavy (non-hydrogen) atoms. The molecule has 1 fully saturated rings. The number of rotatable bonds is 6. The molecule has 0 heterocycles. The summed E-state index contributed by atoms with van der Waals surface area (Å²) < 4.78 is 36.6. The molecule has 1 aromatic rings. The normalized spacial score (nSPS) is 16.1. The van der Waals surface area contributed by atoms with Crippen LogP contribution in [-0.4, -0.2) is 28.5 Å². The molecule has 0 aromatic heterocycles. The number of alkyl halides is 3. The fourth-order valence-electron chi connectivity index (χ4n) is 1.96. The quantitative estimate of drug-likeness (QED) is 0.784. The third-order valence-electron chi connectivity index (χ3n) is 3.22. The number of carboxylic acids is 1. The van der Waals surface area contributed by atoms with Gasteiger partial charge in [-0.1, -0.05) is 12.8 Å². The zero-order valence-electron chi connectivity index (χ0n) is 11.4. The van der Waals surface area contributed by atoms with Gasteiger partial charge in [-0.05, 0) is 48.4 Å². The maximum atomic E-state index is 12.2. The molecule has 1 atom stereocenters. The second-order valence-corrected chi connectivity index (χ2v) is 6.25. The number of carbonyl (C=O) groups is 2. The Morgan fingerprint density at radius 2 is 1.86 bits per heavy atom. The predicted molar refractivity (Wildman–Crippen MR) is 74.6 cm³/mol. The first-order valence-corrected chi connectivity index (χ1v) is 7.46. The third kappa shape index (κ3) is 5.25. The predicted octanol–water partition coefficient (Wildman–Crippen LogP) is 3.28. The fourth-order valence-corrected chi connectivity index (χ4v) is 2.50. The molecule has 1 aliphatic carbocycles. The summed E-state index contributed by atoms with van der Waals surface area (Å²) in [5, 5.41) is 11.5. The van der Waals surface area contributed by atoms with E-state index in [1.54, 1.807) is 0 Å². The molecule has 0 radical (unpaired) electrons. The van der Waals surface area contributed by atoms with Crippen molar-refractivity contribution in [3.05, 3.63) is 29.8 Å². The molecule has 2 rings (SSSR count). The van der Waals surface area contributed by atoms with Crippen LogP contribution in [0.25, 0.3) is 0 Å². The lowest BCUT2D eigenvalue weighted by atomic mass is 10.1. The minimum absolute atomic E-state index is 0.0307. The van der Waals surface area contributed by atoms with Crippen LogP contribution in [0.1, 0.15) is 29.6 Å². The first kappa shape index (κ1) is 16.7. The topological polar surface area (TPSA) is 66.4 Å². The SMILES string of the molecule is O=C(NC(CC1CC1)C(=O)O)c1ccc(SC(F)(F)F)cc1. The lowest BCUT2D eigenvalue weighted by molar-refractivity contribution is -0.139. The molecule has 1 aliphatic rings. The summed E-state index contributed by atoms with van der Waals surface area (Å²) in [4.78, 5) is 23.0. The van der Waals surface area contributed by atoms with Gasteiger partial charge in [0.25, 0.3) is 5.91 Å². The molecule has 1 saturated carbocycles. The van der Waals surface area contributed by atoms with E-state index in [1.165, 1.54) is 24.3 Å². The van der Waals surface area contributed by atoms with Crippen molar-refractivity contribution in [2.24, 2.45) is 5.92 Å². The lowest BCUT2D eigenvalue weighted by Gasteiger charge is -2.14. The van der Waals surface area contributed by atoms with Crippen LogP contribution in [-0.2, 0) is 4.79 Å². The van der Waals surface area contributed by atoms with E-state index in [0.29, 0.717) is 12.3 Å². The number of amides is 1. The van der Waals surface area contributed by atoms with Crippen LogP contribution in [0, 0.1) is 5.92 Å². The molecular formula is C14H14F3NO3S. The van der Waals surface area contributed by atoms with Crippen molar-refractivity contribution in [3.8, 4) is 0 Å². The maximum absolute atomic E-state index is 12.2. The van der Waals surface area contributed by atoms with Crippen LogP contribution in [0.15, 0.2) is 29.2 Å². The summed E-state index contributed by atoms with van der Waals surface area (Å²) in [5.74, 6) is -1.38. The maximum Gasteiger partial charge on any atom is 0.446 e. The standard InChI is InChI=1S/C14H14F3NO3S/c15-14(16,17)22-10-5-3-9(4-6-10)12(19)18-11(13(20)21)7-8-1-2-8/h3-6,8,11H,1-2,7H2,(H,18,19)(H,20,21). The second-order valence-electron chi connectivity index (χ2n) is 5.12. The first-order chi connectivity index (χ1) is 10.2. The molecule has 0 aliphatic heterocycles. The summed E-state index contributed by atoms with van der Waals surface area (Å²) in [6.07, 6.45) is 2.30. The van der Waals surface area contributed by atoms with Gasteiger partial charge in [0, 0.05) is 10.5 Å². The Labute approximate surface area is 129 Å². The van der Waals surface area contributed by atoms with E-state index < -0.39 is 23.4 Å². The van der Waals surface area contributed by atoms with Gasteiger partial charge in [0.05, 0.1) is 0 Å². The van der Waals surface area contributed by atoms with Gasteiger partial charge in [0.1, 0.15) is 6.04 Å². The molecule has 0 saturated heterocycles. The number of hydrogen-bond donors (Lipinski definition) is 2. The van der Waals surface area contributed by atoms with E-state index in [9.17, 15) is 22.8 Å². The van der Waals surface area contributed by atoms with Crippen molar-refractivity contribution in [1.29, 1.82) is 0 Å². The number of nitrogens with one attached hydrogen (secondary N) is 1. The Morgan fingerprint density at radius 1 is 1.27 bits per heavy atom. The van der Waals surface area contributed by atoms with E-state index in [4.69, 9.17) is 5.11 Å². The van der Waals surface area contributed by atoms with Gasteiger partial charge < -0.3 is 10.4 Å². The van der Waals surface area contributed by atoms with E-state index in [1.807, 2.05) is 0 Å². The van der Waals surface area contributed by atoms with Crippen LogP contribution in [0.3, 0.4) is 0 Å². The van der Waals surface area contributed by atoms with Gasteiger partial charge >= 0.3 is 11.5 Å². The highest BCUT2D eigenvalue weighted by Crippen LogP contribution is 2.36. The minimum atomic E-state index is -4.39. The van der Waals surface area contributed by atoms with Gasteiger partial charge in [-0.25, -0.2) is 4.79 Å². The molecule has 1 unspecified atom stereocenters. The third-order valence-corrected chi connectivity index (χ3v) is 3.96. The number of benzene rings is 1. The van der Waals surface area contributed by atoms with Crippen LogP contribution >= 0.6 is 11.8 Å². The van der Waals surface area contributed by atoms with Crippen molar-refractivity contribution in [2.45, 2.75) is 35.7 Å². The highest BCUT2D eigenvalue weighted by Gasteiger charge is 2.31. The van der Waals surface area contributed by atoms with Crippen LogP contribution in [0.2, 0.25) is 0 Å². The van der Waals surface area contributed by atoms with E-state index in [2.05, 4.69) is 5.32 Å². The number of carbonyl (C=O) groups excluding carboxylic acids is 1. The van der Waals surface area contributed by atoms with Crippen LogP contribution in [0.5, 0.6) is 0 Å². The molecule has 0 spiro atoms. The monoisotopic (exact) mass is 333 g/mol. The number of halogens is 3. The van der Waals surface area contributed by atoms with Gasteiger partial charge in [0.2, 0.25) is 0 Å².